The number of aromatic nitrogens is 2. The molecule has 2 atom stereocenters. The first-order valence-corrected chi connectivity index (χ1v) is 13.2. The summed E-state index contributed by atoms with van der Waals surface area (Å²) >= 11 is 0. The highest BCUT2D eigenvalue weighted by molar-refractivity contribution is 5.80. The number of carbonyl (C=O) groups excluding carboxylic acids is 3. The average molecular weight is 526 g/mol. The minimum Gasteiger partial charge on any atom is -0.444 e. The number of carbonyl (C=O) groups is 3. The molecule has 1 aromatic heterocycles. The van der Waals surface area contributed by atoms with Crippen molar-refractivity contribution in [1.29, 1.82) is 0 Å². The Balaban J connectivity index is 1.47. The zero-order valence-electron chi connectivity index (χ0n) is 21.8. The van der Waals surface area contributed by atoms with Gasteiger partial charge in [0.25, 0.3) is 5.92 Å². The van der Waals surface area contributed by atoms with Crippen molar-refractivity contribution in [1.82, 2.24) is 25.3 Å². The van der Waals surface area contributed by atoms with E-state index in [9.17, 15) is 23.2 Å². The fraction of sp³-hybridized carbons (Fsp3) is 0.800. The maximum absolute atomic E-state index is 14.0. The summed E-state index contributed by atoms with van der Waals surface area (Å²) in [4.78, 5) is 45.7. The SMILES string of the molecule is CC(C)(C)OC(=O)N[C@@H](CC(=O)N1CCCC[C@H]1c1nc(C2CCC2)no1)CN1CC(F)(F)CCC1=O. The lowest BCUT2D eigenvalue weighted by atomic mass is 9.85. The summed E-state index contributed by atoms with van der Waals surface area (Å²) in [5.74, 6) is -2.36. The molecule has 1 aliphatic carbocycles. The molecule has 3 amide bonds. The molecule has 2 aliphatic heterocycles. The molecule has 3 aliphatic rings. The summed E-state index contributed by atoms with van der Waals surface area (Å²) in [5, 5.41) is 6.76. The van der Waals surface area contributed by atoms with Gasteiger partial charge >= 0.3 is 6.09 Å². The van der Waals surface area contributed by atoms with Crippen molar-refractivity contribution in [2.45, 2.75) is 108 Å². The van der Waals surface area contributed by atoms with Crippen LogP contribution in [0.25, 0.3) is 0 Å². The summed E-state index contributed by atoms with van der Waals surface area (Å²) in [6, 6.07) is -1.29. The van der Waals surface area contributed by atoms with Crippen LogP contribution in [0.3, 0.4) is 0 Å². The first-order chi connectivity index (χ1) is 17.4. The molecule has 4 rings (SSSR count). The standard InChI is InChI=1S/C25H37F2N5O5/c1-24(2,3)36-23(35)28-17(14-31-15-25(26,27)11-10-19(31)33)13-20(34)32-12-5-4-9-18(32)22-29-21(30-37-22)16-7-6-8-16/h16-18H,4-15H2,1-3H3,(H,28,35)/t17-,18-/m0/s1. The number of rotatable bonds is 7. The first kappa shape index (κ1) is 27.3. The molecule has 0 radical (unpaired) electrons. The van der Waals surface area contributed by atoms with E-state index in [4.69, 9.17) is 9.26 Å². The monoisotopic (exact) mass is 525 g/mol. The lowest BCUT2D eigenvalue weighted by molar-refractivity contribution is -0.148. The van der Waals surface area contributed by atoms with E-state index in [0.717, 1.165) is 37.0 Å². The van der Waals surface area contributed by atoms with Crippen molar-refractivity contribution >= 4 is 17.9 Å². The maximum Gasteiger partial charge on any atom is 0.407 e. The average Bonchev–Trinajstić information content (AvgIpc) is 3.22. The lowest BCUT2D eigenvalue weighted by Gasteiger charge is -2.37. The molecule has 3 fully saturated rings. The fourth-order valence-corrected chi connectivity index (χ4v) is 4.99. The molecule has 1 aromatic rings. The molecule has 10 nitrogen and oxygen atoms in total. The Bertz CT molecular complexity index is 990. The van der Waals surface area contributed by atoms with E-state index >= 15 is 0 Å². The van der Waals surface area contributed by atoms with Crippen LogP contribution in [0.15, 0.2) is 4.52 Å². The van der Waals surface area contributed by atoms with Crippen LogP contribution in [0.4, 0.5) is 13.6 Å². The van der Waals surface area contributed by atoms with Crippen LogP contribution in [0.5, 0.6) is 0 Å². The summed E-state index contributed by atoms with van der Waals surface area (Å²) < 4.78 is 38.9. The van der Waals surface area contributed by atoms with Crippen LogP contribution >= 0.6 is 0 Å². The van der Waals surface area contributed by atoms with Gasteiger partial charge in [0.05, 0.1) is 12.6 Å². The van der Waals surface area contributed by atoms with Crippen LogP contribution in [0.1, 0.15) is 102 Å². The number of hydrogen-bond acceptors (Lipinski definition) is 7. The van der Waals surface area contributed by atoms with Crippen LogP contribution < -0.4 is 5.32 Å². The molecule has 1 N–H and O–H groups in total. The van der Waals surface area contributed by atoms with Crippen molar-refractivity contribution in [2.24, 2.45) is 0 Å². The largest absolute Gasteiger partial charge is 0.444 e. The number of likely N-dealkylation sites (tertiary alicyclic amines) is 2. The van der Waals surface area contributed by atoms with E-state index in [-0.39, 0.29) is 31.3 Å². The quantitative estimate of drug-likeness (QED) is 0.573. The molecular weight excluding hydrogens is 488 g/mol. The molecular formula is C25H37F2N5O5. The van der Waals surface area contributed by atoms with Gasteiger partial charge in [0, 0.05) is 38.3 Å². The van der Waals surface area contributed by atoms with Crippen molar-refractivity contribution in [2.75, 3.05) is 19.6 Å². The second-order valence-electron chi connectivity index (χ2n) is 11.4. The van der Waals surface area contributed by atoms with Gasteiger partial charge in [-0.25, -0.2) is 13.6 Å². The van der Waals surface area contributed by atoms with Gasteiger partial charge in [-0.05, 0) is 52.9 Å². The zero-order valence-corrected chi connectivity index (χ0v) is 21.8. The minimum atomic E-state index is -3.01. The Morgan fingerprint density at radius 1 is 1.22 bits per heavy atom. The number of hydrogen-bond donors (Lipinski definition) is 1. The number of nitrogens with one attached hydrogen (secondary N) is 1. The number of alkyl carbamates (subject to hydrolysis) is 1. The zero-order chi connectivity index (χ0) is 26.8. The lowest BCUT2D eigenvalue weighted by Crippen LogP contribution is -2.54. The van der Waals surface area contributed by atoms with Crippen molar-refractivity contribution in [3.8, 4) is 0 Å². The summed E-state index contributed by atoms with van der Waals surface area (Å²) in [5.41, 5.74) is -0.791. The van der Waals surface area contributed by atoms with Gasteiger partial charge in [0.2, 0.25) is 17.7 Å². The van der Waals surface area contributed by atoms with E-state index in [1.54, 1.807) is 25.7 Å². The normalized spacial score (nSPS) is 23.4. The van der Waals surface area contributed by atoms with Gasteiger partial charge in [-0.2, -0.15) is 4.98 Å². The third kappa shape index (κ3) is 7.16. The van der Waals surface area contributed by atoms with Crippen molar-refractivity contribution in [3.63, 3.8) is 0 Å². The molecule has 37 heavy (non-hydrogen) atoms. The molecule has 0 bridgehead atoms. The van der Waals surface area contributed by atoms with Crippen molar-refractivity contribution < 1.29 is 32.4 Å². The van der Waals surface area contributed by atoms with Gasteiger partial charge < -0.3 is 24.4 Å². The Kier molecular flexibility index (Phi) is 8.03. The highest BCUT2D eigenvalue weighted by atomic mass is 19.3. The molecule has 2 saturated heterocycles. The molecule has 206 valence electrons. The number of piperidine rings is 2. The van der Waals surface area contributed by atoms with Crippen LogP contribution in [0.2, 0.25) is 0 Å². The first-order valence-electron chi connectivity index (χ1n) is 13.2. The summed E-state index contributed by atoms with van der Waals surface area (Å²) in [6.07, 6.45) is 3.80. The Hall–Kier alpha value is -2.79. The second-order valence-corrected chi connectivity index (χ2v) is 11.4. The molecule has 1 saturated carbocycles. The topological polar surface area (TPSA) is 118 Å². The third-order valence-electron chi connectivity index (χ3n) is 7.10. The number of ether oxygens (including phenoxy) is 1. The molecule has 12 heteroatoms. The van der Waals surface area contributed by atoms with Crippen LogP contribution in [-0.2, 0) is 14.3 Å². The summed E-state index contributed by atoms with van der Waals surface area (Å²) in [7, 11) is 0. The van der Waals surface area contributed by atoms with E-state index in [1.807, 2.05) is 0 Å². The van der Waals surface area contributed by atoms with Crippen LogP contribution in [-0.4, -0.2) is 75.0 Å². The predicted octanol–water partition coefficient (Wildman–Crippen LogP) is 3.93. The Labute approximate surface area is 215 Å². The highest BCUT2D eigenvalue weighted by Crippen LogP contribution is 2.37. The fourth-order valence-electron chi connectivity index (χ4n) is 4.99. The summed E-state index contributed by atoms with van der Waals surface area (Å²) in [6.45, 7) is 4.60. The second kappa shape index (κ2) is 10.9. The van der Waals surface area contributed by atoms with Gasteiger partial charge in [-0.15, -0.1) is 0 Å². The van der Waals surface area contributed by atoms with Gasteiger partial charge in [0.1, 0.15) is 11.6 Å². The number of halogens is 2. The molecule has 0 aromatic carbocycles. The Morgan fingerprint density at radius 3 is 2.65 bits per heavy atom. The van der Waals surface area contributed by atoms with E-state index in [0.29, 0.717) is 30.6 Å². The van der Waals surface area contributed by atoms with Gasteiger partial charge in [-0.3, -0.25) is 9.59 Å². The van der Waals surface area contributed by atoms with Crippen LogP contribution in [0, 0.1) is 0 Å². The maximum atomic E-state index is 14.0. The molecule has 0 spiro atoms. The highest BCUT2D eigenvalue weighted by Gasteiger charge is 2.41. The number of nitrogens with zero attached hydrogens (tertiary/aromatic N) is 4. The van der Waals surface area contributed by atoms with E-state index in [2.05, 4.69) is 15.5 Å². The van der Waals surface area contributed by atoms with Crippen molar-refractivity contribution in [3.05, 3.63) is 11.7 Å². The van der Waals surface area contributed by atoms with Gasteiger partial charge in [-0.1, -0.05) is 11.6 Å². The predicted molar refractivity (Wildman–Crippen MR) is 128 cm³/mol. The third-order valence-corrected chi connectivity index (χ3v) is 7.10. The number of alkyl halides is 2. The van der Waals surface area contributed by atoms with E-state index in [1.165, 1.54) is 0 Å². The minimum absolute atomic E-state index is 0.186. The molecule has 0 unspecified atom stereocenters. The Morgan fingerprint density at radius 2 is 1.97 bits per heavy atom. The number of amides is 3. The molecule has 3 heterocycles. The smallest absolute Gasteiger partial charge is 0.407 e. The van der Waals surface area contributed by atoms with Gasteiger partial charge in [0.15, 0.2) is 5.82 Å². The van der Waals surface area contributed by atoms with E-state index < -0.39 is 42.5 Å².